The van der Waals surface area contributed by atoms with Crippen molar-refractivity contribution in [2.24, 2.45) is 0 Å². The number of halogens is 1. The lowest BCUT2D eigenvalue weighted by Crippen LogP contribution is -2.33. The van der Waals surface area contributed by atoms with Gasteiger partial charge in [0.1, 0.15) is 5.60 Å². The van der Waals surface area contributed by atoms with Crippen molar-refractivity contribution in [1.82, 2.24) is 20.3 Å². The molecule has 0 atom stereocenters. The highest BCUT2D eigenvalue weighted by Gasteiger charge is 2.15. The second-order valence-electron chi connectivity index (χ2n) is 5.35. The Morgan fingerprint density at radius 2 is 1.95 bits per heavy atom. The minimum Gasteiger partial charge on any atom is -0.464 e. The van der Waals surface area contributed by atoms with Crippen LogP contribution in [0, 0.1) is 0 Å². The Bertz CT molecular complexity index is 493. The topological polar surface area (TPSA) is 98.3 Å². The van der Waals surface area contributed by atoms with E-state index in [1.54, 1.807) is 0 Å². The van der Waals surface area contributed by atoms with E-state index in [9.17, 15) is 4.79 Å². The molecule has 0 spiro atoms. The van der Waals surface area contributed by atoms with E-state index < -0.39 is 11.7 Å². The van der Waals surface area contributed by atoms with E-state index in [0.717, 1.165) is 0 Å². The van der Waals surface area contributed by atoms with Crippen LogP contribution in [0.15, 0.2) is 0 Å². The minimum atomic E-state index is -0.500. The standard InChI is InChI=1S/C13H22ClN5O3/c1-5-21-11-18-9(14)17-10(19-11)15-7-6-8-16-12(20)22-13(2,3)4/h5-8H2,1-4H3,(H,16,20)(H,15,17,18,19). The number of aromatic nitrogens is 3. The van der Waals surface area contributed by atoms with E-state index in [2.05, 4.69) is 25.6 Å². The highest BCUT2D eigenvalue weighted by atomic mass is 35.5. The molecule has 0 aliphatic carbocycles. The Morgan fingerprint density at radius 3 is 2.59 bits per heavy atom. The van der Waals surface area contributed by atoms with Crippen LogP contribution in [0.4, 0.5) is 10.7 Å². The van der Waals surface area contributed by atoms with Gasteiger partial charge in [0.25, 0.3) is 0 Å². The number of ether oxygens (including phenoxy) is 2. The summed E-state index contributed by atoms with van der Waals surface area (Å²) in [5, 5.41) is 5.71. The average molecular weight is 332 g/mol. The first-order chi connectivity index (χ1) is 10.3. The molecule has 1 aromatic rings. The SMILES string of the molecule is CCOc1nc(Cl)nc(NCCCNC(=O)OC(C)(C)C)n1. The second kappa shape index (κ2) is 8.57. The van der Waals surface area contributed by atoms with Crippen molar-refractivity contribution < 1.29 is 14.3 Å². The summed E-state index contributed by atoms with van der Waals surface area (Å²) in [6, 6.07) is 0.178. The van der Waals surface area contributed by atoms with Crippen LogP contribution in [0.25, 0.3) is 0 Å². The van der Waals surface area contributed by atoms with Crippen molar-refractivity contribution in [3.05, 3.63) is 5.28 Å². The highest BCUT2D eigenvalue weighted by Crippen LogP contribution is 2.11. The molecule has 0 bridgehead atoms. The predicted octanol–water partition coefficient (Wildman–Crippen LogP) is 2.25. The quantitative estimate of drug-likeness (QED) is 0.739. The van der Waals surface area contributed by atoms with Gasteiger partial charge >= 0.3 is 12.1 Å². The molecule has 1 rings (SSSR count). The van der Waals surface area contributed by atoms with E-state index in [1.807, 2.05) is 27.7 Å². The first-order valence-electron chi connectivity index (χ1n) is 7.05. The van der Waals surface area contributed by atoms with E-state index >= 15 is 0 Å². The monoisotopic (exact) mass is 331 g/mol. The third kappa shape index (κ3) is 7.82. The molecule has 124 valence electrons. The molecule has 0 radical (unpaired) electrons. The maximum absolute atomic E-state index is 11.4. The lowest BCUT2D eigenvalue weighted by molar-refractivity contribution is 0.0528. The van der Waals surface area contributed by atoms with Gasteiger partial charge in [-0.25, -0.2) is 4.79 Å². The smallest absolute Gasteiger partial charge is 0.407 e. The van der Waals surface area contributed by atoms with Gasteiger partial charge in [-0.05, 0) is 45.7 Å². The Kier molecular flexibility index (Phi) is 7.10. The Hall–Kier alpha value is -1.83. The van der Waals surface area contributed by atoms with E-state index in [0.29, 0.717) is 32.1 Å². The summed E-state index contributed by atoms with van der Waals surface area (Å²) in [5.74, 6) is 0.334. The van der Waals surface area contributed by atoms with Crippen molar-refractivity contribution in [2.45, 2.75) is 39.7 Å². The third-order valence-electron chi connectivity index (χ3n) is 2.17. The number of rotatable bonds is 7. The number of amides is 1. The molecule has 1 aromatic heterocycles. The maximum Gasteiger partial charge on any atom is 0.407 e. The zero-order valence-electron chi connectivity index (χ0n) is 13.3. The summed E-state index contributed by atoms with van der Waals surface area (Å²) in [4.78, 5) is 23.3. The first kappa shape index (κ1) is 18.2. The second-order valence-corrected chi connectivity index (χ2v) is 5.69. The van der Waals surface area contributed by atoms with E-state index in [-0.39, 0.29) is 11.3 Å². The molecule has 0 aliphatic heterocycles. The normalized spacial score (nSPS) is 11.0. The number of hydrogen-bond donors (Lipinski definition) is 2. The molecule has 1 amide bonds. The molecule has 0 saturated carbocycles. The van der Waals surface area contributed by atoms with Crippen LogP contribution in [0.2, 0.25) is 5.28 Å². The van der Waals surface area contributed by atoms with Gasteiger partial charge in [-0.3, -0.25) is 0 Å². The van der Waals surface area contributed by atoms with Crippen LogP contribution in [-0.2, 0) is 4.74 Å². The summed E-state index contributed by atoms with van der Waals surface area (Å²) in [7, 11) is 0. The van der Waals surface area contributed by atoms with Crippen molar-refractivity contribution in [1.29, 1.82) is 0 Å². The zero-order valence-corrected chi connectivity index (χ0v) is 14.0. The van der Waals surface area contributed by atoms with Crippen molar-refractivity contribution >= 4 is 23.6 Å². The number of hydrogen-bond acceptors (Lipinski definition) is 7. The van der Waals surface area contributed by atoms with Crippen LogP contribution in [0.3, 0.4) is 0 Å². The van der Waals surface area contributed by atoms with Gasteiger partial charge in [-0.1, -0.05) is 0 Å². The van der Waals surface area contributed by atoms with Crippen LogP contribution in [0.1, 0.15) is 34.1 Å². The fourth-order valence-electron chi connectivity index (χ4n) is 1.40. The zero-order chi connectivity index (χ0) is 16.6. The largest absolute Gasteiger partial charge is 0.464 e. The van der Waals surface area contributed by atoms with E-state index in [4.69, 9.17) is 21.1 Å². The predicted molar refractivity (Wildman–Crippen MR) is 83.3 cm³/mol. The molecule has 8 nitrogen and oxygen atoms in total. The van der Waals surface area contributed by atoms with E-state index in [1.165, 1.54) is 0 Å². The van der Waals surface area contributed by atoms with Crippen molar-refractivity contribution in [3.8, 4) is 6.01 Å². The molecule has 0 aromatic carbocycles. The van der Waals surface area contributed by atoms with Gasteiger partial charge in [0.2, 0.25) is 11.2 Å². The molecule has 0 fully saturated rings. The number of carbonyl (C=O) groups excluding carboxylic acids is 1. The number of carbonyl (C=O) groups is 1. The molecule has 1 heterocycles. The lowest BCUT2D eigenvalue weighted by Gasteiger charge is -2.19. The summed E-state index contributed by atoms with van der Waals surface area (Å²) in [6.07, 6.45) is 0.237. The first-order valence-corrected chi connectivity index (χ1v) is 7.43. The van der Waals surface area contributed by atoms with Gasteiger partial charge in [-0.2, -0.15) is 15.0 Å². The molecule has 0 unspecified atom stereocenters. The minimum absolute atomic E-state index is 0.0628. The third-order valence-corrected chi connectivity index (χ3v) is 2.33. The van der Waals surface area contributed by atoms with Crippen LogP contribution < -0.4 is 15.4 Å². The summed E-state index contributed by atoms with van der Waals surface area (Å²) >= 11 is 5.77. The van der Waals surface area contributed by atoms with Gasteiger partial charge in [0.15, 0.2) is 0 Å². The summed E-state index contributed by atoms with van der Waals surface area (Å²) < 4.78 is 10.3. The molecule has 22 heavy (non-hydrogen) atoms. The highest BCUT2D eigenvalue weighted by molar-refractivity contribution is 6.28. The number of nitrogens with one attached hydrogen (secondary N) is 2. The number of alkyl carbamates (subject to hydrolysis) is 1. The van der Waals surface area contributed by atoms with Gasteiger partial charge in [-0.15, -0.1) is 0 Å². The van der Waals surface area contributed by atoms with Crippen molar-refractivity contribution in [3.63, 3.8) is 0 Å². The van der Waals surface area contributed by atoms with Crippen molar-refractivity contribution in [2.75, 3.05) is 25.0 Å². The maximum atomic E-state index is 11.4. The molecule has 9 heteroatoms. The molecular formula is C13H22ClN5O3. The molecule has 0 saturated heterocycles. The van der Waals surface area contributed by atoms with Crippen LogP contribution in [0.5, 0.6) is 6.01 Å². The molecule has 2 N–H and O–H groups in total. The fraction of sp³-hybridized carbons (Fsp3) is 0.692. The Morgan fingerprint density at radius 1 is 1.23 bits per heavy atom. The Balaban J connectivity index is 2.29. The van der Waals surface area contributed by atoms with Crippen LogP contribution >= 0.6 is 11.6 Å². The average Bonchev–Trinajstić information content (AvgIpc) is 2.36. The summed E-state index contributed by atoms with van der Waals surface area (Å²) in [6.45, 7) is 8.74. The van der Waals surface area contributed by atoms with Gasteiger partial charge in [0, 0.05) is 13.1 Å². The molecule has 0 aliphatic rings. The van der Waals surface area contributed by atoms with Gasteiger partial charge < -0.3 is 20.1 Å². The van der Waals surface area contributed by atoms with Crippen LogP contribution in [-0.4, -0.2) is 46.3 Å². The lowest BCUT2D eigenvalue weighted by atomic mass is 10.2. The Labute approximate surface area is 135 Å². The number of anilines is 1. The molecular weight excluding hydrogens is 310 g/mol. The number of nitrogens with zero attached hydrogens (tertiary/aromatic N) is 3. The van der Waals surface area contributed by atoms with Gasteiger partial charge in [0.05, 0.1) is 6.61 Å². The fourth-order valence-corrected chi connectivity index (χ4v) is 1.55. The summed E-state index contributed by atoms with van der Waals surface area (Å²) in [5.41, 5.74) is -0.500.